The SMILES string of the molecule is FC(F)(F)c1cc(Br)c[c]n1. The van der Waals surface area contributed by atoms with Gasteiger partial charge in [-0.05, 0) is 12.1 Å². The second kappa shape index (κ2) is 2.81. The molecule has 0 aliphatic rings. The number of rotatable bonds is 0. The van der Waals surface area contributed by atoms with Gasteiger partial charge in [-0.1, -0.05) is 15.9 Å². The Hall–Kier alpha value is -0.580. The van der Waals surface area contributed by atoms with Gasteiger partial charge >= 0.3 is 6.18 Å². The van der Waals surface area contributed by atoms with Gasteiger partial charge < -0.3 is 0 Å². The molecule has 1 aromatic rings. The summed E-state index contributed by atoms with van der Waals surface area (Å²) in [6.07, 6.45) is -2.27. The average molecular weight is 225 g/mol. The van der Waals surface area contributed by atoms with Crippen molar-refractivity contribution < 1.29 is 13.2 Å². The zero-order valence-corrected chi connectivity index (χ0v) is 6.70. The van der Waals surface area contributed by atoms with Crippen molar-refractivity contribution in [1.82, 2.24) is 4.98 Å². The third-order valence-corrected chi connectivity index (χ3v) is 1.41. The summed E-state index contributed by atoms with van der Waals surface area (Å²) in [6, 6.07) is 2.21. The molecule has 11 heavy (non-hydrogen) atoms. The highest BCUT2D eigenvalue weighted by atomic mass is 79.9. The molecule has 0 aliphatic carbocycles. The van der Waals surface area contributed by atoms with Crippen molar-refractivity contribution >= 4 is 15.9 Å². The number of hydrogen-bond acceptors (Lipinski definition) is 1. The summed E-state index contributed by atoms with van der Waals surface area (Å²) in [5.41, 5.74) is -0.938. The molecule has 1 aromatic heterocycles. The van der Waals surface area contributed by atoms with E-state index in [1.165, 1.54) is 6.07 Å². The molecular formula is C6H2BrF3N. The van der Waals surface area contributed by atoms with E-state index >= 15 is 0 Å². The van der Waals surface area contributed by atoms with Crippen molar-refractivity contribution in [3.8, 4) is 0 Å². The van der Waals surface area contributed by atoms with E-state index in [1.54, 1.807) is 0 Å². The van der Waals surface area contributed by atoms with Crippen molar-refractivity contribution in [1.29, 1.82) is 0 Å². The number of pyridine rings is 1. The van der Waals surface area contributed by atoms with Gasteiger partial charge in [0.25, 0.3) is 0 Å². The first-order chi connectivity index (χ1) is 5.00. The van der Waals surface area contributed by atoms with Crippen molar-refractivity contribution in [2.75, 3.05) is 0 Å². The van der Waals surface area contributed by atoms with Gasteiger partial charge in [0.2, 0.25) is 0 Å². The molecular weight excluding hydrogens is 223 g/mol. The van der Waals surface area contributed by atoms with Crippen LogP contribution in [0.2, 0.25) is 0 Å². The standard InChI is InChI=1S/C6H2BrF3N/c7-4-1-2-11-5(3-4)6(8,9)10/h1,3H. The van der Waals surface area contributed by atoms with E-state index in [0.29, 0.717) is 4.47 Å². The van der Waals surface area contributed by atoms with Crippen molar-refractivity contribution in [3.63, 3.8) is 0 Å². The Morgan fingerprint density at radius 1 is 1.45 bits per heavy atom. The lowest BCUT2D eigenvalue weighted by molar-refractivity contribution is -0.141. The average Bonchev–Trinajstić information content (AvgIpc) is 1.86. The largest absolute Gasteiger partial charge is 0.433 e. The molecule has 59 valence electrons. The molecule has 0 spiro atoms. The lowest BCUT2D eigenvalue weighted by Gasteiger charge is -2.03. The van der Waals surface area contributed by atoms with Gasteiger partial charge in [-0.3, -0.25) is 0 Å². The predicted octanol–water partition coefficient (Wildman–Crippen LogP) is 2.66. The first-order valence-electron chi connectivity index (χ1n) is 2.61. The van der Waals surface area contributed by atoms with Crippen LogP contribution in [-0.4, -0.2) is 4.98 Å². The second-order valence-corrected chi connectivity index (χ2v) is 2.71. The summed E-state index contributed by atoms with van der Waals surface area (Å²) < 4.78 is 35.9. The molecule has 1 radical (unpaired) electrons. The van der Waals surface area contributed by atoms with Crippen LogP contribution in [0.25, 0.3) is 0 Å². The maximum Gasteiger partial charge on any atom is 0.433 e. The summed E-state index contributed by atoms with van der Waals surface area (Å²) in [7, 11) is 0. The molecule has 0 bridgehead atoms. The van der Waals surface area contributed by atoms with Crippen LogP contribution < -0.4 is 0 Å². The third kappa shape index (κ3) is 2.18. The highest BCUT2D eigenvalue weighted by Gasteiger charge is 2.32. The van der Waals surface area contributed by atoms with Gasteiger partial charge in [0.1, 0.15) is 5.69 Å². The monoisotopic (exact) mass is 224 g/mol. The maximum atomic E-state index is 11.9. The number of aromatic nitrogens is 1. The minimum absolute atomic E-state index is 0.319. The number of hydrogen-bond donors (Lipinski definition) is 0. The molecule has 0 saturated carbocycles. The lowest BCUT2D eigenvalue weighted by atomic mass is 10.3. The summed E-state index contributed by atoms with van der Waals surface area (Å²) in [5, 5.41) is 0. The van der Waals surface area contributed by atoms with E-state index in [4.69, 9.17) is 0 Å². The molecule has 1 rings (SSSR count). The zero-order chi connectivity index (χ0) is 8.48. The second-order valence-electron chi connectivity index (χ2n) is 1.80. The number of nitrogens with zero attached hydrogens (tertiary/aromatic N) is 1. The van der Waals surface area contributed by atoms with E-state index in [1.807, 2.05) is 0 Å². The van der Waals surface area contributed by atoms with Crippen LogP contribution in [0, 0.1) is 6.20 Å². The van der Waals surface area contributed by atoms with Crippen LogP contribution in [0.15, 0.2) is 16.6 Å². The normalized spacial score (nSPS) is 11.6. The number of alkyl halides is 3. The molecule has 0 amide bonds. The van der Waals surface area contributed by atoms with Crippen molar-refractivity contribution in [2.24, 2.45) is 0 Å². The van der Waals surface area contributed by atoms with Crippen molar-refractivity contribution in [2.45, 2.75) is 6.18 Å². The van der Waals surface area contributed by atoms with Gasteiger partial charge in [0, 0.05) is 4.47 Å². The Morgan fingerprint density at radius 3 is 2.45 bits per heavy atom. The van der Waals surface area contributed by atoms with Crippen LogP contribution in [0.4, 0.5) is 13.2 Å². The lowest BCUT2D eigenvalue weighted by Crippen LogP contribution is -2.07. The molecule has 0 unspecified atom stereocenters. The van der Waals surface area contributed by atoms with E-state index in [-0.39, 0.29) is 0 Å². The fourth-order valence-corrected chi connectivity index (χ4v) is 0.832. The van der Waals surface area contributed by atoms with Gasteiger partial charge in [0.05, 0.1) is 6.20 Å². The Bertz CT molecular complexity index is 258. The molecule has 0 N–H and O–H groups in total. The minimum Gasteiger partial charge on any atom is -0.242 e. The summed E-state index contributed by atoms with van der Waals surface area (Å²) >= 11 is 2.88. The minimum atomic E-state index is -4.39. The zero-order valence-electron chi connectivity index (χ0n) is 5.11. The van der Waals surface area contributed by atoms with Crippen LogP contribution in [0.5, 0.6) is 0 Å². The van der Waals surface area contributed by atoms with Crippen molar-refractivity contribution in [3.05, 3.63) is 28.5 Å². The number of halogens is 4. The van der Waals surface area contributed by atoms with E-state index in [9.17, 15) is 13.2 Å². The van der Waals surface area contributed by atoms with E-state index in [2.05, 4.69) is 27.1 Å². The smallest absolute Gasteiger partial charge is 0.242 e. The van der Waals surface area contributed by atoms with Gasteiger partial charge in [-0.15, -0.1) is 0 Å². The molecule has 1 heterocycles. The van der Waals surface area contributed by atoms with Gasteiger partial charge in [-0.25, -0.2) is 4.98 Å². The highest BCUT2D eigenvalue weighted by molar-refractivity contribution is 9.10. The summed E-state index contributed by atoms with van der Waals surface area (Å²) in [4.78, 5) is 3.03. The van der Waals surface area contributed by atoms with Gasteiger partial charge in [0.15, 0.2) is 0 Å². The van der Waals surface area contributed by atoms with Gasteiger partial charge in [-0.2, -0.15) is 13.2 Å². The van der Waals surface area contributed by atoms with Crippen LogP contribution >= 0.6 is 15.9 Å². The first-order valence-corrected chi connectivity index (χ1v) is 3.40. The molecule has 0 aromatic carbocycles. The Labute approximate surface area is 69.4 Å². The van der Waals surface area contributed by atoms with Crippen LogP contribution in [0.3, 0.4) is 0 Å². The molecule has 0 atom stereocenters. The highest BCUT2D eigenvalue weighted by Crippen LogP contribution is 2.28. The first kappa shape index (κ1) is 8.52. The molecule has 0 aliphatic heterocycles. The molecule has 5 heteroatoms. The topological polar surface area (TPSA) is 12.9 Å². The quantitative estimate of drug-likeness (QED) is 0.661. The summed E-state index contributed by atoms with van der Waals surface area (Å²) in [5.74, 6) is 0. The van der Waals surface area contributed by atoms with E-state index in [0.717, 1.165) is 6.07 Å². The molecule has 0 fully saturated rings. The Balaban J connectivity index is 3.06. The predicted molar refractivity (Wildman–Crippen MR) is 35.8 cm³/mol. The fourth-order valence-electron chi connectivity index (χ4n) is 0.513. The maximum absolute atomic E-state index is 11.9. The Kier molecular flexibility index (Phi) is 2.17. The molecule has 1 nitrogen and oxygen atoms in total. The third-order valence-electron chi connectivity index (χ3n) is 0.952. The fraction of sp³-hybridized carbons (Fsp3) is 0.167. The Morgan fingerprint density at radius 2 is 2.09 bits per heavy atom. The van der Waals surface area contributed by atoms with Crippen LogP contribution in [-0.2, 0) is 6.18 Å². The summed E-state index contributed by atoms with van der Waals surface area (Å²) in [6.45, 7) is 0. The van der Waals surface area contributed by atoms with E-state index < -0.39 is 11.9 Å². The molecule has 0 saturated heterocycles. The van der Waals surface area contributed by atoms with Crippen LogP contribution in [0.1, 0.15) is 5.69 Å².